The first kappa shape index (κ1) is 27.4. The fraction of sp³-hybridized carbons (Fsp3) is 0.269. The number of benzene rings is 1. The van der Waals surface area contributed by atoms with Crippen molar-refractivity contribution in [3.63, 3.8) is 0 Å². The number of aryl methyl sites for hydroxylation is 1. The van der Waals surface area contributed by atoms with Gasteiger partial charge in [-0.25, -0.2) is 9.97 Å². The highest BCUT2D eigenvalue weighted by Gasteiger charge is 2.29. The van der Waals surface area contributed by atoms with Crippen LogP contribution in [0, 0.1) is 0 Å². The predicted octanol–water partition coefficient (Wildman–Crippen LogP) is 2.30. The fourth-order valence-electron chi connectivity index (χ4n) is 4.56. The maximum Gasteiger partial charge on any atom is 0.263 e. The molecule has 5 rings (SSSR count). The number of aromatic nitrogens is 4. The summed E-state index contributed by atoms with van der Waals surface area (Å²) in [6, 6.07) is 4.89. The number of halogens is 2. The first-order valence-electron chi connectivity index (χ1n) is 12.2. The molecule has 0 spiro atoms. The molecule has 4 N–H and O–H groups in total. The summed E-state index contributed by atoms with van der Waals surface area (Å²) in [7, 11) is 5.59. The number of carbonyl (C=O) groups is 2. The molecule has 0 saturated carbocycles. The van der Waals surface area contributed by atoms with E-state index < -0.39 is 17.6 Å². The number of pyridine rings is 1. The number of amides is 2. The lowest BCUT2D eigenvalue weighted by atomic mass is 10.0. The minimum atomic E-state index is -0.889. The molecule has 4 heterocycles. The van der Waals surface area contributed by atoms with Gasteiger partial charge in [-0.2, -0.15) is 0 Å². The third-order valence-electron chi connectivity index (χ3n) is 6.92. The minimum Gasteiger partial charge on any atom is -0.506 e. The molecule has 3 aromatic heterocycles. The Kier molecular flexibility index (Phi) is 7.17. The maximum atomic E-state index is 13.2. The van der Waals surface area contributed by atoms with Gasteiger partial charge in [-0.15, -0.1) is 0 Å². The van der Waals surface area contributed by atoms with E-state index in [1.54, 1.807) is 19.3 Å². The van der Waals surface area contributed by atoms with Crippen molar-refractivity contribution in [3.05, 3.63) is 62.9 Å². The van der Waals surface area contributed by atoms with Crippen LogP contribution in [0.15, 0.2) is 41.7 Å². The van der Waals surface area contributed by atoms with E-state index in [4.69, 9.17) is 28.9 Å². The van der Waals surface area contributed by atoms with Crippen molar-refractivity contribution in [2.45, 2.75) is 12.6 Å². The summed E-state index contributed by atoms with van der Waals surface area (Å²) < 4.78 is 2.81. The number of nitrogens with two attached hydrogens (primary N) is 1. The first-order valence-corrected chi connectivity index (χ1v) is 12.9. The van der Waals surface area contributed by atoms with Crippen LogP contribution in [-0.2, 0) is 18.4 Å². The molecule has 0 unspecified atom stereocenters. The van der Waals surface area contributed by atoms with Crippen LogP contribution < -0.4 is 21.5 Å². The van der Waals surface area contributed by atoms with Gasteiger partial charge < -0.3 is 35.1 Å². The van der Waals surface area contributed by atoms with E-state index in [1.165, 1.54) is 33.8 Å². The number of nitrogens with one attached hydrogen (secondary N) is 1. The fourth-order valence-corrected chi connectivity index (χ4v) is 4.93. The van der Waals surface area contributed by atoms with E-state index in [1.807, 2.05) is 14.1 Å². The Morgan fingerprint density at radius 3 is 2.58 bits per heavy atom. The Morgan fingerprint density at radius 2 is 1.90 bits per heavy atom. The molecule has 14 heteroatoms. The van der Waals surface area contributed by atoms with Gasteiger partial charge in [0.25, 0.3) is 11.5 Å². The van der Waals surface area contributed by atoms with Crippen molar-refractivity contribution in [3.8, 4) is 16.9 Å². The number of hydrogen-bond donors (Lipinski definition) is 3. The molecule has 2 amide bonds. The Bertz CT molecular complexity index is 1730. The predicted molar refractivity (Wildman–Crippen MR) is 153 cm³/mol. The Hall–Kier alpha value is -4.13. The van der Waals surface area contributed by atoms with Crippen LogP contribution in [0.2, 0.25) is 10.0 Å². The van der Waals surface area contributed by atoms with Gasteiger partial charge in [-0.3, -0.25) is 14.4 Å². The Balaban J connectivity index is 1.47. The number of likely N-dealkylation sites (N-methyl/N-ethyl adjacent to an activating group) is 1. The quantitative estimate of drug-likeness (QED) is 0.299. The number of primary amides is 1. The third kappa shape index (κ3) is 4.96. The van der Waals surface area contributed by atoms with Crippen molar-refractivity contribution in [1.29, 1.82) is 0 Å². The summed E-state index contributed by atoms with van der Waals surface area (Å²) in [6.45, 7) is 1.42. The molecule has 0 radical (unpaired) electrons. The highest BCUT2D eigenvalue weighted by Crippen LogP contribution is 2.36. The normalized spacial score (nSPS) is 13.6. The molecule has 12 nitrogen and oxygen atoms in total. The second kappa shape index (κ2) is 10.5. The van der Waals surface area contributed by atoms with Crippen LogP contribution in [0.1, 0.15) is 10.4 Å². The van der Waals surface area contributed by atoms with Gasteiger partial charge >= 0.3 is 0 Å². The van der Waals surface area contributed by atoms with Crippen LogP contribution in [-0.4, -0.2) is 74.1 Å². The van der Waals surface area contributed by atoms with Crippen molar-refractivity contribution in [2.24, 2.45) is 12.8 Å². The second-order valence-corrected chi connectivity index (χ2v) is 10.7. The third-order valence-corrected chi connectivity index (χ3v) is 7.51. The lowest BCUT2D eigenvalue weighted by Crippen LogP contribution is -2.57. The van der Waals surface area contributed by atoms with Crippen molar-refractivity contribution < 1.29 is 14.7 Å². The van der Waals surface area contributed by atoms with Crippen molar-refractivity contribution in [1.82, 2.24) is 24.0 Å². The highest BCUT2D eigenvalue weighted by molar-refractivity contribution is 6.34. The van der Waals surface area contributed by atoms with Crippen molar-refractivity contribution in [2.75, 3.05) is 37.4 Å². The summed E-state index contributed by atoms with van der Waals surface area (Å²) >= 11 is 12.5. The molecule has 0 aliphatic carbocycles. The van der Waals surface area contributed by atoms with E-state index >= 15 is 0 Å². The number of phenols is 1. The summed E-state index contributed by atoms with van der Waals surface area (Å²) in [5, 5.41) is 13.3. The molecule has 208 valence electrons. The number of nitrogens with zero attached hydrogens (tertiary/aromatic N) is 6. The van der Waals surface area contributed by atoms with Gasteiger partial charge in [0.1, 0.15) is 23.8 Å². The number of carbonyl (C=O) groups excluding carboxylic acids is 2. The second-order valence-electron chi connectivity index (χ2n) is 9.84. The highest BCUT2D eigenvalue weighted by atomic mass is 35.5. The zero-order valence-corrected chi connectivity index (χ0v) is 23.4. The standard InChI is InChI=1S/C26H26Cl2N8O4/c1-33(2)14-8-35(9-14)20-6-19(18(28)7-30-20)32-21(37)11-36-10-16(22-25(36)31-12-34(3)26(22)40)13-4-15(24(29)39)23(38)17(27)5-13/h4-7,10,12,14,38H,8-9,11H2,1-3H3,(H2,29,39)(H,30,32,37). The number of hydrogen-bond acceptors (Lipinski definition) is 8. The summed E-state index contributed by atoms with van der Waals surface area (Å²) in [5.74, 6) is -1.07. The SMILES string of the molecule is CN(C)C1CN(c2cc(NC(=O)Cn3cc(-c4cc(Cl)c(O)c(C(N)=O)c4)c4c(=O)n(C)cnc43)c(Cl)cn2)C1. The molecule has 4 aromatic rings. The summed E-state index contributed by atoms with van der Waals surface area (Å²) in [5.41, 5.74) is 6.17. The van der Waals surface area contributed by atoms with E-state index in [0.717, 1.165) is 13.1 Å². The van der Waals surface area contributed by atoms with Crippen LogP contribution in [0.5, 0.6) is 5.75 Å². The Labute approximate surface area is 238 Å². The number of aromatic hydroxyl groups is 1. The summed E-state index contributed by atoms with van der Waals surface area (Å²) in [6.07, 6.45) is 4.41. The molecule has 1 saturated heterocycles. The van der Waals surface area contributed by atoms with E-state index in [2.05, 4.69) is 25.1 Å². The molecule has 1 aliphatic heterocycles. The zero-order chi connectivity index (χ0) is 28.9. The largest absolute Gasteiger partial charge is 0.506 e. The van der Waals surface area contributed by atoms with Gasteiger partial charge in [0.05, 0.1) is 39.2 Å². The average molecular weight is 585 g/mol. The molecule has 0 atom stereocenters. The number of anilines is 2. The zero-order valence-electron chi connectivity index (χ0n) is 21.9. The van der Waals surface area contributed by atoms with Gasteiger partial charge in [-0.05, 0) is 31.8 Å². The smallest absolute Gasteiger partial charge is 0.263 e. The minimum absolute atomic E-state index is 0.118. The first-order chi connectivity index (χ1) is 18.9. The molecular formula is C26H26Cl2N8O4. The monoisotopic (exact) mass is 584 g/mol. The van der Waals surface area contributed by atoms with Gasteiger partial charge in [0, 0.05) is 44.0 Å². The lowest BCUT2D eigenvalue weighted by Gasteiger charge is -2.43. The van der Waals surface area contributed by atoms with E-state index in [-0.39, 0.29) is 38.7 Å². The maximum absolute atomic E-state index is 13.2. The molecule has 0 bridgehead atoms. The lowest BCUT2D eigenvalue weighted by molar-refractivity contribution is -0.116. The molecular weight excluding hydrogens is 559 g/mol. The van der Waals surface area contributed by atoms with Crippen LogP contribution >= 0.6 is 23.2 Å². The average Bonchev–Trinajstić information content (AvgIpc) is 3.22. The number of rotatable bonds is 7. The number of fused-ring (bicyclic) bond motifs is 1. The Morgan fingerprint density at radius 1 is 1.18 bits per heavy atom. The van der Waals surface area contributed by atoms with Gasteiger partial charge in [-0.1, -0.05) is 23.2 Å². The van der Waals surface area contributed by atoms with E-state index in [0.29, 0.717) is 28.7 Å². The topological polar surface area (TPSA) is 152 Å². The van der Waals surface area contributed by atoms with Crippen LogP contribution in [0.25, 0.3) is 22.2 Å². The van der Waals surface area contributed by atoms with E-state index in [9.17, 15) is 19.5 Å². The van der Waals surface area contributed by atoms with Crippen molar-refractivity contribution >= 4 is 57.6 Å². The molecule has 1 aliphatic rings. The molecule has 40 heavy (non-hydrogen) atoms. The molecule has 1 aromatic carbocycles. The van der Waals surface area contributed by atoms with Gasteiger partial charge in [0.15, 0.2) is 0 Å². The van der Waals surface area contributed by atoms with Crippen LogP contribution in [0.3, 0.4) is 0 Å². The molecule has 1 fully saturated rings. The summed E-state index contributed by atoms with van der Waals surface area (Å²) in [4.78, 5) is 51.2. The van der Waals surface area contributed by atoms with Crippen LogP contribution in [0.4, 0.5) is 11.5 Å². The van der Waals surface area contributed by atoms with Gasteiger partial charge in [0.2, 0.25) is 5.91 Å².